The molecule has 0 rings (SSSR count). The standard InChI is InChI=1S/C6H14O3S.C5H12O4S.C5H12O3S.C5H10OS.C4H7BrO.C4H11NO4S.CH4S/c1-5(7)6(2,3)10(4,8)9;1-5(2,4(6)7)10(3,8)9;1-4(6)5(2)9(3,7)8;1-4(6)5(2)7-3;1-3(5)4(2)6;1-3(4(6)5-7)10(2,8)9;1-2/h8-9H,1-4H3;8-9H,1-3H3,(H,6,7);5,7-8H,1-3H3;5H,1-3H3;3H,1-2H3;3,7-9H,1-2H3,(H,5,6);2H,1H3. The van der Waals surface area contributed by atoms with Crippen molar-refractivity contribution in [3.8, 4) is 0 Å². The summed E-state index contributed by atoms with van der Waals surface area (Å²) in [6.45, 7) is 18.1. The summed E-state index contributed by atoms with van der Waals surface area (Å²) >= 11 is 8.20. The minimum atomic E-state index is -3.00. The Bertz CT molecular complexity index is 1080. The molecule has 0 fully saturated rings. The van der Waals surface area contributed by atoms with Crippen molar-refractivity contribution in [3.05, 3.63) is 0 Å². The molecule has 54 heavy (non-hydrogen) atoms. The van der Waals surface area contributed by atoms with Gasteiger partial charge in [0, 0.05) is 25.0 Å². The zero-order chi connectivity index (χ0) is 46.2. The average Bonchev–Trinajstić information content (AvgIpc) is 2.99. The summed E-state index contributed by atoms with van der Waals surface area (Å²) in [6.07, 6.45) is 8.47. The minimum Gasteiger partial charge on any atom is -0.480 e. The van der Waals surface area contributed by atoms with Gasteiger partial charge >= 0.3 is 5.97 Å². The first kappa shape index (κ1) is 68.5. The van der Waals surface area contributed by atoms with Gasteiger partial charge in [0.15, 0.2) is 16.3 Å². The molecule has 0 aliphatic carbocycles. The van der Waals surface area contributed by atoms with Crippen LogP contribution < -0.4 is 5.48 Å². The number of aliphatic carboxylic acids is 1. The van der Waals surface area contributed by atoms with E-state index in [1.807, 2.05) is 20.1 Å². The van der Waals surface area contributed by atoms with Gasteiger partial charge in [-0.2, -0.15) is 66.7 Å². The van der Waals surface area contributed by atoms with Gasteiger partial charge in [0.25, 0.3) is 5.91 Å². The van der Waals surface area contributed by atoms with Gasteiger partial charge in [-0.15, -0.1) is 0 Å². The maximum atomic E-state index is 10.8. The fourth-order valence-electron chi connectivity index (χ4n) is 1.21. The molecule has 0 radical (unpaired) electrons. The van der Waals surface area contributed by atoms with Crippen LogP contribution in [0.4, 0.5) is 0 Å². The zero-order valence-electron chi connectivity index (χ0n) is 34.6. The highest BCUT2D eigenvalue weighted by Crippen LogP contribution is 2.49. The molecule has 0 aliphatic rings. The summed E-state index contributed by atoms with van der Waals surface area (Å²) in [4.78, 5) is 62.6. The molecule has 0 aromatic carbocycles. The molecule has 0 aliphatic heterocycles. The smallest absolute Gasteiger partial charge is 0.328 e. The summed E-state index contributed by atoms with van der Waals surface area (Å²) in [7, 11) is -11.3. The first-order valence-corrected chi connectivity index (χ1v) is 26.2. The van der Waals surface area contributed by atoms with Gasteiger partial charge in [-0.25, -0.2) is 10.3 Å². The number of amides is 1. The third-order valence-corrected chi connectivity index (χ3v) is 16.4. The molecule has 24 heteroatoms. The molecule has 0 spiro atoms. The van der Waals surface area contributed by atoms with Crippen LogP contribution in [0.1, 0.15) is 83.1 Å². The largest absolute Gasteiger partial charge is 0.480 e. The van der Waals surface area contributed by atoms with Crippen molar-refractivity contribution in [1.29, 1.82) is 0 Å². The van der Waals surface area contributed by atoms with Crippen molar-refractivity contribution in [2.45, 2.75) is 113 Å². The van der Waals surface area contributed by atoms with Gasteiger partial charge in [0.1, 0.15) is 26.8 Å². The number of halogens is 1. The molecule has 4 unspecified atom stereocenters. The van der Waals surface area contributed by atoms with Gasteiger partial charge in [-0.05, 0) is 95.6 Å². The Morgan fingerprint density at radius 3 is 0.926 bits per heavy atom. The van der Waals surface area contributed by atoms with E-state index < -0.39 is 74.2 Å². The molecule has 0 saturated carbocycles. The first-order valence-electron chi connectivity index (χ1n) is 15.2. The maximum absolute atomic E-state index is 10.8. The fourth-order valence-corrected chi connectivity index (χ4v) is 3.51. The SMILES string of the molecule is CC(=O)C(C)(C)S(C)(O)O.CC(=O)C(C)Br.CC(=O)C(C)S(C)(O)O.CC(C(=O)NO)S(C)(O)O.CC(C)(C(=O)O)S(C)(O)O.CS.CSC(C)C(C)=O. The third kappa shape index (κ3) is 35.0. The molecular formula is C30H70BrNO16S6. The number of rotatable bonds is 11. The summed E-state index contributed by atoms with van der Waals surface area (Å²) in [5, 5.41) is 15.1. The monoisotopic (exact) mass is 971 g/mol. The van der Waals surface area contributed by atoms with Crippen molar-refractivity contribution < 1.29 is 75.5 Å². The lowest BCUT2D eigenvalue weighted by Crippen LogP contribution is -2.36. The molecule has 17 nitrogen and oxygen atoms in total. The summed E-state index contributed by atoms with van der Waals surface area (Å²) in [6, 6.07) is 0. The Morgan fingerprint density at radius 1 is 0.630 bits per heavy atom. The fraction of sp³-hybridized carbons (Fsp3) is 0.800. The molecule has 11 N–H and O–H groups in total. The Balaban J connectivity index is -0.0000000980. The zero-order valence-corrected chi connectivity index (χ0v) is 41.2. The summed E-state index contributed by atoms with van der Waals surface area (Å²) < 4.78 is 69.2. The van der Waals surface area contributed by atoms with Crippen LogP contribution in [0, 0.1) is 0 Å². The number of carbonyl (C=O) groups is 6. The highest BCUT2D eigenvalue weighted by Gasteiger charge is 2.38. The van der Waals surface area contributed by atoms with Crippen molar-refractivity contribution in [3.63, 3.8) is 0 Å². The van der Waals surface area contributed by atoms with Crippen LogP contribution in [-0.2, 0) is 28.8 Å². The van der Waals surface area contributed by atoms with E-state index in [1.54, 1.807) is 31.9 Å². The van der Waals surface area contributed by atoms with E-state index in [4.69, 9.17) is 46.7 Å². The first-order chi connectivity index (χ1) is 23.5. The second-order valence-corrected chi connectivity index (χ2v) is 25.3. The lowest BCUT2D eigenvalue weighted by atomic mass is 10.1. The predicted octanol–water partition coefficient (Wildman–Crippen LogP) is 7.80. The van der Waals surface area contributed by atoms with Crippen molar-refractivity contribution in [1.82, 2.24) is 5.48 Å². The Hall–Kier alpha value is -0.160. The van der Waals surface area contributed by atoms with Crippen molar-refractivity contribution in [2.75, 3.05) is 37.5 Å². The van der Waals surface area contributed by atoms with Crippen LogP contribution in [-0.4, -0.2) is 149 Å². The second-order valence-electron chi connectivity index (χ2n) is 12.4. The number of nitrogens with one attached hydrogen (secondary N) is 1. The van der Waals surface area contributed by atoms with Crippen LogP contribution in [0.15, 0.2) is 0 Å². The van der Waals surface area contributed by atoms with Crippen LogP contribution in [0.3, 0.4) is 0 Å². The Kier molecular flexibility index (Phi) is 39.1. The molecule has 0 bridgehead atoms. The number of ketones is 4. The molecule has 334 valence electrons. The van der Waals surface area contributed by atoms with Gasteiger partial charge in [-0.1, -0.05) is 15.9 Å². The maximum Gasteiger partial charge on any atom is 0.328 e. The summed E-state index contributed by atoms with van der Waals surface area (Å²) in [5.41, 5.74) is 1.33. The molecule has 0 aromatic rings. The Morgan fingerprint density at radius 2 is 0.907 bits per heavy atom. The van der Waals surface area contributed by atoms with Gasteiger partial charge in [0.2, 0.25) is 0 Å². The molecule has 0 heterocycles. The number of Topliss-reactive ketones (excluding diaryl/α,β-unsaturated/α-hetero) is 4. The highest BCUT2D eigenvalue weighted by molar-refractivity contribution is 9.10. The third-order valence-electron chi connectivity index (χ3n) is 7.17. The number of thiol groups is 1. The lowest BCUT2D eigenvalue weighted by molar-refractivity contribution is -0.139. The van der Waals surface area contributed by atoms with Crippen LogP contribution in [0.5, 0.6) is 0 Å². The normalized spacial score (nSPS) is 14.8. The number of hydrogen-bond acceptors (Lipinski definition) is 17. The average molecular weight is 973 g/mol. The van der Waals surface area contributed by atoms with E-state index in [-0.39, 0.29) is 33.2 Å². The number of alkyl halides is 1. The second kappa shape index (κ2) is 30.9. The Labute approximate surface area is 347 Å². The molecule has 4 atom stereocenters. The molecule has 1 amide bonds. The van der Waals surface area contributed by atoms with E-state index in [0.717, 1.165) is 12.5 Å². The van der Waals surface area contributed by atoms with Crippen molar-refractivity contribution in [2.24, 2.45) is 0 Å². The number of hydroxylamine groups is 1. The van der Waals surface area contributed by atoms with E-state index in [2.05, 4.69) is 28.6 Å². The molecule has 0 saturated heterocycles. The van der Waals surface area contributed by atoms with Gasteiger partial charge in [-0.3, -0.25) is 65.6 Å². The van der Waals surface area contributed by atoms with Crippen LogP contribution >= 0.6 is 82.7 Å². The van der Waals surface area contributed by atoms with Crippen molar-refractivity contribution >= 4 is 118 Å². The number of carbonyl (C=O) groups excluding carboxylic acids is 5. The lowest BCUT2D eigenvalue weighted by Gasteiger charge is -2.41. The highest BCUT2D eigenvalue weighted by atomic mass is 79.9. The van der Waals surface area contributed by atoms with Crippen LogP contribution in [0.2, 0.25) is 0 Å². The topological polar surface area (TPSA) is 317 Å². The number of carboxylic acids is 1. The van der Waals surface area contributed by atoms with E-state index >= 15 is 0 Å². The molecule has 0 aromatic heterocycles. The van der Waals surface area contributed by atoms with Crippen LogP contribution in [0.25, 0.3) is 0 Å². The van der Waals surface area contributed by atoms with Gasteiger partial charge in [0.05, 0.1) is 10.1 Å². The van der Waals surface area contributed by atoms with E-state index in [1.165, 1.54) is 73.4 Å². The van der Waals surface area contributed by atoms with E-state index in [0.29, 0.717) is 0 Å². The minimum absolute atomic E-state index is 0.0255. The summed E-state index contributed by atoms with van der Waals surface area (Å²) in [5.74, 6) is -1.94. The number of thioether (sulfide) groups is 1. The number of hydrogen-bond donors (Lipinski definition) is 12. The number of carboxylic acid groups (broad SMARTS) is 1. The quantitative estimate of drug-likeness (QED) is 0.0406. The molecular weight excluding hydrogens is 903 g/mol. The predicted molar refractivity (Wildman–Crippen MR) is 239 cm³/mol. The van der Waals surface area contributed by atoms with E-state index in [9.17, 15) is 28.8 Å². The van der Waals surface area contributed by atoms with Gasteiger partial charge < -0.3 is 5.11 Å².